The van der Waals surface area contributed by atoms with E-state index in [1.807, 2.05) is 29.6 Å². The zero-order valence-corrected chi connectivity index (χ0v) is 14.3. The standard InChI is InChI=1S/C15H12BrN3O3S/c16-10-3-1-9(2-4-10)11-8-23-15(17-11)18-12(20)7-19-13(21)5-6-14(19)22/h1-4,8H,5-7H2,(H,17,18,20). The molecule has 1 N–H and O–H groups in total. The van der Waals surface area contributed by atoms with Crippen LogP contribution in [0.3, 0.4) is 0 Å². The van der Waals surface area contributed by atoms with Crippen molar-refractivity contribution >= 4 is 50.1 Å². The smallest absolute Gasteiger partial charge is 0.246 e. The Kier molecular flexibility index (Phi) is 4.53. The zero-order valence-electron chi connectivity index (χ0n) is 11.9. The van der Waals surface area contributed by atoms with Gasteiger partial charge in [0.15, 0.2) is 5.13 Å². The number of halogens is 1. The number of rotatable bonds is 4. The van der Waals surface area contributed by atoms with Crippen molar-refractivity contribution in [3.8, 4) is 11.3 Å². The second-order valence-electron chi connectivity index (χ2n) is 4.97. The molecule has 0 spiro atoms. The van der Waals surface area contributed by atoms with Gasteiger partial charge < -0.3 is 5.32 Å². The van der Waals surface area contributed by atoms with Crippen LogP contribution in [0.4, 0.5) is 5.13 Å². The molecular weight excluding hydrogens is 382 g/mol. The van der Waals surface area contributed by atoms with E-state index in [1.165, 1.54) is 11.3 Å². The largest absolute Gasteiger partial charge is 0.300 e. The SMILES string of the molecule is O=C(CN1C(=O)CCC1=O)Nc1nc(-c2ccc(Br)cc2)cs1. The maximum absolute atomic E-state index is 12.0. The fourth-order valence-electron chi connectivity index (χ4n) is 2.19. The summed E-state index contributed by atoms with van der Waals surface area (Å²) in [6.07, 6.45) is 0.355. The summed E-state index contributed by atoms with van der Waals surface area (Å²) in [6.45, 7) is -0.259. The van der Waals surface area contributed by atoms with Gasteiger partial charge in [-0.15, -0.1) is 11.3 Å². The average Bonchev–Trinajstić information content (AvgIpc) is 3.10. The lowest BCUT2D eigenvalue weighted by Crippen LogP contribution is -2.36. The molecule has 0 unspecified atom stereocenters. The minimum Gasteiger partial charge on any atom is -0.300 e. The molecule has 1 aromatic heterocycles. The topological polar surface area (TPSA) is 79.4 Å². The monoisotopic (exact) mass is 393 g/mol. The molecule has 118 valence electrons. The van der Waals surface area contributed by atoms with Crippen molar-refractivity contribution in [1.29, 1.82) is 0 Å². The molecule has 0 saturated carbocycles. The first-order valence-corrected chi connectivity index (χ1v) is 8.55. The Balaban J connectivity index is 1.64. The Morgan fingerprint density at radius 3 is 2.52 bits per heavy atom. The van der Waals surface area contributed by atoms with Gasteiger partial charge in [-0.05, 0) is 12.1 Å². The van der Waals surface area contributed by atoms with Crippen LogP contribution in [0.1, 0.15) is 12.8 Å². The Morgan fingerprint density at radius 2 is 1.87 bits per heavy atom. The third kappa shape index (κ3) is 3.65. The van der Waals surface area contributed by atoms with E-state index in [-0.39, 0.29) is 31.2 Å². The summed E-state index contributed by atoms with van der Waals surface area (Å²) in [5.41, 5.74) is 1.70. The van der Waals surface area contributed by atoms with Crippen LogP contribution in [-0.2, 0) is 14.4 Å². The van der Waals surface area contributed by atoms with Crippen LogP contribution in [0.2, 0.25) is 0 Å². The normalized spacial score (nSPS) is 14.4. The third-order valence-electron chi connectivity index (χ3n) is 3.35. The van der Waals surface area contributed by atoms with Gasteiger partial charge in [-0.1, -0.05) is 28.1 Å². The van der Waals surface area contributed by atoms with E-state index < -0.39 is 5.91 Å². The first-order chi connectivity index (χ1) is 11.0. The highest BCUT2D eigenvalue weighted by Crippen LogP contribution is 2.26. The number of nitrogens with one attached hydrogen (secondary N) is 1. The Morgan fingerprint density at radius 1 is 1.22 bits per heavy atom. The lowest BCUT2D eigenvalue weighted by molar-refractivity contribution is -0.141. The van der Waals surface area contributed by atoms with Gasteiger partial charge in [0.2, 0.25) is 17.7 Å². The van der Waals surface area contributed by atoms with E-state index in [2.05, 4.69) is 26.2 Å². The number of hydrogen-bond acceptors (Lipinski definition) is 5. The Bertz CT molecular complexity index is 757. The number of thiazole rings is 1. The van der Waals surface area contributed by atoms with Crippen LogP contribution in [-0.4, -0.2) is 34.2 Å². The first kappa shape index (κ1) is 15.8. The van der Waals surface area contributed by atoms with Crippen molar-refractivity contribution in [2.45, 2.75) is 12.8 Å². The molecule has 0 radical (unpaired) electrons. The average molecular weight is 394 g/mol. The number of aromatic nitrogens is 1. The Hall–Kier alpha value is -2.06. The number of anilines is 1. The molecule has 1 fully saturated rings. The van der Waals surface area contributed by atoms with Crippen LogP contribution >= 0.6 is 27.3 Å². The molecule has 6 nitrogen and oxygen atoms in total. The summed E-state index contributed by atoms with van der Waals surface area (Å²) in [6, 6.07) is 7.67. The fourth-order valence-corrected chi connectivity index (χ4v) is 3.19. The molecule has 0 atom stereocenters. The highest BCUT2D eigenvalue weighted by atomic mass is 79.9. The van der Waals surface area contributed by atoms with Crippen molar-refractivity contribution < 1.29 is 14.4 Å². The molecule has 23 heavy (non-hydrogen) atoms. The van der Waals surface area contributed by atoms with Crippen molar-refractivity contribution in [3.63, 3.8) is 0 Å². The van der Waals surface area contributed by atoms with E-state index in [1.54, 1.807) is 0 Å². The van der Waals surface area contributed by atoms with Crippen molar-refractivity contribution in [2.75, 3.05) is 11.9 Å². The quantitative estimate of drug-likeness (QED) is 0.809. The minimum atomic E-state index is -0.426. The van der Waals surface area contributed by atoms with E-state index in [4.69, 9.17) is 0 Å². The highest BCUT2D eigenvalue weighted by molar-refractivity contribution is 9.10. The molecule has 2 aromatic rings. The molecule has 1 saturated heterocycles. The van der Waals surface area contributed by atoms with Crippen molar-refractivity contribution in [3.05, 3.63) is 34.1 Å². The molecular formula is C15H12BrN3O3S. The lowest BCUT2D eigenvalue weighted by atomic mass is 10.2. The second-order valence-corrected chi connectivity index (χ2v) is 6.74. The van der Waals surface area contributed by atoms with Crippen LogP contribution in [0.5, 0.6) is 0 Å². The fraction of sp³-hybridized carbons (Fsp3) is 0.200. The molecule has 3 amide bonds. The van der Waals surface area contributed by atoms with Gasteiger partial charge in [0, 0.05) is 28.3 Å². The number of nitrogens with zero attached hydrogens (tertiary/aromatic N) is 2. The van der Waals surface area contributed by atoms with Gasteiger partial charge in [0.25, 0.3) is 0 Å². The van der Waals surface area contributed by atoms with Gasteiger partial charge in [-0.2, -0.15) is 0 Å². The summed E-state index contributed by atoms with van der Waals surface area (Å²) in [5.74, 6) is -1.04. The molecule has 3 rings (SSSR count). The van der Waals surface area contributed by atoms with Gasteiger partial charge in [0.05, 0.1) is 5.69 Å². The molecule has 0 bridgehead atoms. The summed E-state index contributed by atoms with van der Waals surface area (Å²) in [4.78, 5) is 40.3. The third-order valence-corrected chi connectivity index (χ3v) is 4.63. The molecule has 2 heterocycles. The number of hydrogen-bond donors (Lipinski definition) is 1. The molecule has 0 aliphatic carbocycles. The van der Waals surface area contributed by atoms with E-state index in [0.717, 1.165) is 20.6 Å². The van der Waals surface area contributed by atoms with Crippen molar-refractivity contribution in [1.82, 2.24) is 9.88 Å². The van der Waals surface area contributed by atoms with E-state index in [0.29, 0.717) is 5.13 Å². The summed E-state index contributed by atoms with van der Waals surface area (Å²) in [5, 5.41) is 4.90. The van der Waals surface area contributed by atoms with Gasteiger partial charge >= 0.3 is 0 Å². The first-order valence-electron chi connectivity index (χ1n) is 6.87. The van der Waals surface area contributed by atoms with Gasteiger partial charge in [-0.25, -0.2) is 4.98 Å². The van der Waals surface area contributed by atoms with Gasteiger partial charge in [0.1, 0.15) is 6.54 Å². The zero-order chi connectivity index (χ0) is 16.4. The summed E-state index contributed by atoms with van der Waals surface area (Å²) < 4.78 is 0.977. The number of imide groups is 1. The highest BCUT2D eigenvalue weighted by Gasteiger charge is 2.30. The minimum absolute atomic E-state index is 0.178. The maximum atomic E-state index is 12.0. The van der Waals surface area contributed by atoms with Crippen LogP contribution < -0.4 is 5.32 Å². The molecule has 1 aromatic carbocycles. The van der Waals surface area contributed by atoms with Crippen LogP contribution in [0, 0.1) is 0 Å². The van der Waals surface area contributed by atoms with Crippen molar-refractivity contribution in [2.24, 2.45) is 0 Å². The van der Waals surface area contributed by atoms with Crippen LogP contribution in [0.25, 0.3) is 11.3 Å². The maximum Gasteiger partial charge on any atom is 0.246 e. The molecule has 8 heteroatoms. The number of benzene rings is 1. The van der Waals surface area contributed by atoms with Crippen LogP contribution in [0.15, 0.2) is 34.1 Å². The Labute approximate surface area is 144 Å². The predicted molar refractivity (Wildman–Crippen MR) is 89.8 cm³/mol. The molecule has 1 aliphatic rings. The predicted octanol–water partition coefficient (Wildman–Crippen LogP) is 2.66. The summed E-state index contributed by atoms with van der Waals surface area (Å²) >= 11 is 4.67. The number of likely N-dealkylation sites (tertiary alicyclic amines) is 1. The van der Waals surface area contributed by atoms with Gasteiger partial charge in [-0.3, -0.25) is 19.3 Å². The number of carbonyl (C=O) groups excluding carboxylic acids is 3. The molecule has 1 aliphatic heterocycles. The number of amides is 3. The second kappa shape index (κ2) is 6.59. The lowest BCUT2D eigenvalue weighted by Gasteiger charge is -2.12. The van der Waals surface area contributed by atoms with E-state index in [9.17, 15) is 14.4 Å². The number of carbonyl (C=O) groups is 3. The summed E-state index contributed by atoms with van der Waals surface area (Å²) in [7, 11) is 0. The van der Waals surface area contributed by atoms with E-state index >= 15 is 0 Å².